The number of rotatable bonds is 11. The minimum absolute atomic E-state index is 0.308. The van der Waals surface area contributed by atoms with Gasteiger partial charge in [-0.2, -0.15) is 11.8 Å². The molecule has 150 valence electrons. The number of aliphatic hydroxyl groups excluding tert-OH is 1. The number of thioether (sulfide) groups is 1. The Balaban J connectivity index is 2.75. The van der Waals surface area contributed by atoms with E-state index in [1.54, 1.807) is 0 Å². The van der Waals surface area contributed by atoms with Gasteiger partial charge in [0.2, 0.25) is 11.8 Å². The number of nitrogens with one attached hydrogen (secondary N) is 2. The molecule has 0 fully saturated rings. The summed E-state index contributed by atoms with van der Waals surface area (Å²) < 4.78 is 0. The van der Waals surface area contributed by atoms with Gasteiger partial charge in [-0.25, -0.2) is 4.79 Å². The van der Waals surface area contributed by atoms with Gasteiger partial charge in [0.25, 0.3) is 0 Å². The van der Waals surface area contributed by atoms with E-state index >= 15 is 0 Å². The number of nitrogens with two attached hydrogens (primary N) is 1. The lowest BCUT2D eigenvalue weighted by molar-refractivity contribution is -0.145. The highest BCUT2D eigenvalue weighted by Crippen LogP contribution is 2.05. The van der Waals surface area contributed by atoms with Crippen molar-refractivity contribution >= 4 is 29.5 Å². The third kappa shape index (κ3) is 7.98. The fourth-order valence-electron chi connectivity index (χ4n) is 2.39. The Hall–Kier alpha value is -2.10. The molecule has 6 N–H and O–H groups in total. The van der Waals surface area contributed by atoms with Crippen LogP contribution in [-0.2, 0) is 20.8 Å². The third-order valence-corrected chi connectivity index (χ3v) is 4.57. The van der Waals surface area contributed by atoms with E-state index in [4.69, 9.17) is 10.8 Å². The van der Waals surface area contributed by atoms with Crippen molar-refractivity contribution in [1.29, 1.82) is 0 Å². The average Bonchev–Trinajstić information content (AvgIpc) is 2.62. The maximum Gasteiger partial charge on any atom is 0.328 e. The van der Waals surface area contributed by atoms with E-state index in [-0.39, 0.29) is 0 Å². The first kappa shape index (κ1) is 22.9. The Kier molecular flexibility index (Phi) is 9.84. The number of hydrogen-bond acceptors (Lipinski definition) is 6. The normalized spacial score (nSPS) is 15.3. The van der Waals surface area contributed by atoms with Crippen LogP contribution in [0.4, 0.5) is 0 Å². The SMILES string of the molecule is CSCCC(NC(=O)C(N)Cc1ccccc1)C(=O)NC(C(=O)O)C(C)O. The first-order valence-electron chi connectivity index (χ1n) is 8.56. The quantitative estimate of drug-likeness (QED) is 0.346. The summed E-state index contributed by atoms with van der Waals surface area (Å²) in [6, 6.07) is 6.02. The molecule has 4 unspecified atom stereocenters. The Labute approximate surface area is 162 Å². The number of carbonyl (C=O) groups excluding carboxylic acids is 2. The van der Waals surface area contributed by atoms with E-state index in [1.807, 2.05) is 36.6 Å². The van der Waals surface area contributed by atoms with Gasteiger partial charge >= 0.3 is 5.97 Å². The Morgan fingerprint density at radius 2 is 1.78 bits per heavy atom. The van der Waals surface area contributed by atoms with Gasteiger partial charge in [0, 0.05) is 0 Å². The molecule has 1 aromatic carbocycles. The highest BCUT2D eigenvalue weighted by molar-refractivity contribution is 7.98. The topological polar surface area (TPSA) is 142 Å². The van der Waals surface area contributed by atoms with Crippen molar-refractivity contribution in [3.63, 3.8) is 0 Å². The van der Waals surface area contributed by atoms with E-state index in [2.05, 4.69) is 10.6 Å². The summed E-state index contributed by atoms with van der Waals surface area (Å²) in [5, 5.41) is 23.5. The van der Waals surface area contributed by atoms with Crippen LogP contribution in [0.15, 0.2) is 30.3 Å². The highest BCUT2D eigenvalue weighted by atomic mass is 32.2. The van der Waals surface area contributed by atoms with Crippen LogP contribution in [0.25, 0.3) is 0 Å². The molecule has 0 spiro atoms. The molecular weight excluding hydrogens is 370 g/mol. The second-order valence-electron chi connectivity index (χ2n) is 6.20. The zero-order valence-corrected chi connectivity index (χ0v) is 16.2. The largest absolute Gasteiger partial charge is 0.480 e. The molecule has 1 rings (SSSR count). The minimum atomic E-state index is -1.45. The number of aliphatic carboxylic acids is 1. The lowest BCUT2D eigenvalue weighted by atomic mass is 10.1. The number of carboxylic acid groups (broad SMARTS) is 1. The monoisotopic (exact) mass is 397 g/mol. The maximum atomic E-state index is 12.4. The smallest absolute Gasteiger partial charge is 0.328 e. The van der Waals surface area contributed by atoms with Gasteiger partial charge in [-0.15, -0.1) is 0 Å². The molecule has 4 atom stereocenters. The van der Waals surface area contributed by atoms with Crippen molar-refractivity contribution in [2.75, 3.05) is 12.0 Å². The van der Waals surface area contributed by atoms with Gasteiger partial charge in [0.1, 0.15) is 6.04 Å². The maximum absolute atomic E-state index is 12.4. The van der Waals surface area contributed by atoms with Crippen molar-refractivity contribution in [3.8, 4) is 0 Å². The van der Waals surface area contributed by atoms with Gasteiger partial charge in [0.05, 0.1) is 12.1 Å². The van der Waals surface area contributed by atoms with E-state index in [9.17, 15) is 19.5 Å². The number of carbonyl (C=O) groups is 3. The lowest BCUT2D eigenvalue weighted by Crippen LogP contribution is -2.56. The second-order valence-corrected chi connectivity index (χ2v) is 7.19. The Bertz CT molecular complexity index is 627. The molecule has 27 heavy (non-hydrogen) atoms. The van der Waals surface area contributed by atoms with Crippen LogP contribution in [0.3, 0.4) is 0 Å². The number of benzene rings is 1. The number of hydrogen-bond donors (Lipinski definition) is 5. The molecule has 0 aliphatic rings. The van der Waals surface area contributed by atoms with Crippen molar-refractivity contribution in [3.05, 3.63) is 35.9 Å². The van der Waals surface area contributed by atoms with Gasteiger partial charge in [-0.05, 0) is 37.3 Å². The predicted molar refractivity (Wildman–Crippen MR) is 104 cm³/mol. The average molecular weight is 397 g/mol. The number of carboxylic acids is 1. The summed E-state index contributed by atoms with van der Waals surface area (Å²) in [4.78, 5) is 36.0. The van der Waals surface area contributed by atoms with Crippen LogP contribution in [0.5, 0.6) is 0 Å². The molecule has 2 amide bonds. The first-order chi connectivity index (χ1) is 12.8. The Morgan fingerprint density at radius 3 is 2.30 bits per heavy atom. The Morgan fingerprint density at radius 1 is 1.15 bits per heavy atom. The molecule has 9 heteroatoms. The van der Waals surface area contributed by atoms with Crippen LogP contribution >= 0.6 is 11.8 Å². The van der Waals surface area contributed by atoms with Crippen molar-refractivity contribution in [1.82, 2.24) is 10.6 Å². The van der Waals surface area contributed by atoms with Crippen LogP contribution < -0.4 is 16.4 Å². The summed E-state index contributed by atoms with van der Waals surface area (Å²) >= 11 is 1.49. The summed E-state index contributed by atoms with van der Waals surface area (Å²) in [6.45, 7) is 1.27. The lowest BCUT2D eigenvalue weighted by Gasteiger charge is -2.23. The van der Waals surface area contributed by atoms with Crippen molar-refractivity contribution < 1.29 is 24.6 Å². The van der Waals surface area contributed by atoms with E-state index in [1.165, 1.54) is 18.7 Å². The predicted octanol–water partition coefficient (Wildman–Crippen LogP) is -0.255. The van der Waals surface area contributed by atoms with Crippen molar-refractivity contribution in [2.45, 2.75) is 44.0 Å². The first-order valence-corrected chi connectivity index (χ1v) is 9.95. The van der Waals surface area contributed by atoms with Gasteiger partial charge in [-0.3, -0.25) is 9.59 Å². The van der Waals surface area contributed by atoms with E-state index < -0.39 is 42.0 Å². The van der Waals surface area contributed by atoms with Crippen LogP contribution in [0.2, 0.25) is 0 Å². The fourth-order valence-corrected chi connectivity index (χ4v) is 2.86. The molecule has 0 bridgehead atoms. The molecular formula is C18H27N3O5S. The number of amides is 2. The standard InChI is InChI=1S/C18H27N3O5S/c1-11(22)15(18(25)26)21-17(24)14(8-9-27-2)20-16(23)13(19)10-12-6-4-3-5-7-12/h3-7,11,13-15,22H,8-10,19H2,1-2H3,(H,20,23)(H,21,24)(H,25,26). The molecule has 0 heterocycles. The second kappa shape index (κ2) is 11.6. The third-order valence-electron chi connectivity index (χ3n) is 3.93. The molecule has 8 nitrogen and oxygen atoms in total. The molecule has 0 aliphatic heterocycles. The van der Waals surface area contributed by atoms with Crippen LogP contribution in [0, 0.1) is 0 Å². The van der Waals surface area contributed by atoms with Crippen molar-refractivity contribution in [2.24, 2.45) is 5.73 Å². The zero-order valence-electron chi connectivity index (χ0n) is 15.4. The summed E-state index contributed by atoms with van der Waals surface area (Å²) in [5.41, 5.74) is 6.83. The van der Waals surface area contributed by atoms with Gasteiger partial charge in [-0.1, -0.05) is 30.3 Å². The van der Waals surface area contributed by atoms with Gasteiger partial charge < -0.3 is 26.6 Å². The summed E-state index contributed by atoms with van der Waals surface area (Å²) in [5.74, 6) is -1.94. The summed E-state index contributed by atoms with van der Waals surface area (Å²) in [6.07, 6.45) is 1.20. The minimum Gasteiger partial charge on any atom is -0.480 e. The molecule has 0 aromatic heterocycles. The zero-order chi connectivity index (χ0) is 20.4. The molecule has 0 saturated carbocycles. The summed E-state index contributed by atoms with van der Waals surface area (Å²) in [7, 11) is 0. The van der Waals surface area contributed by atoms with Gasteiger partial charge in [0.15, 0.2) is 6.04 Å². The van der Waals surface area contributed by atoms with E-state index in [0.29, 0.717) is 18.6 Å². The highest BCUT2D eigenvalue weighted by Gasteiger charge is 2.30. The van der Waals surface area contributed by atoms with Crippen LogP contribution in [-0.4, -0.2) is 64.2 Å². The van der Waals surface area contributed by atoms with Crippen LogP contribution in [0.1, 0.15) is 18.9 Å². The fraction of sp³-hybridized carbons (Fsp3) is 0.500. The molecule has 0 aliphatic carbocycles. The molecule has 1 aromatic rings. The van der Waals surface area contributed by atoms with E-state index in [0.717, 1.165) is 5.56 Å². The molecule has 0 radical (unpaired) electrons. The number of aliphatic hydroxyl groups is 1. The molecule has 0 saturated heterocycles.